The fourth-order valence-corrected chi connectivity index (χ4v) is 5.08. The molecular formula is C27H32N2O6. The predicted molar refractivity (Wildman–Crippen MR) is 130 cm³/mol. The van der Waals surface area contributed by atoms with Crippen molar-refractivity contribution in [2.45, 2.75) is 44.8 Å². The van der Waals surface area contributed by atoms with Crippen LogP contribution in [0.5, 0.6) is 0 Å². The minimum absolute atomic E-state index is 0.00449. The number of carbonyl (C=O) groups is 3. The minimum Gasteiger partial charge on any atom is -0.481 e. The largest absolute Gasteiger partial charge is 0.481 e. The monoisotopic (exact) mass is 480 g/mol. The number of aliphatic carboxylic acids is 1. The summed E-state index contributed by atoms with van der Waals surface area (Å²) in [5.74, 6) is -2.59. The number of alkyl carbamates (subject to hydrolysis) is 1. The molecule has 3 unspecified atom stereocenters. The van der Waals surface area contributed by atoms with Gasteiger partial charge in [-0.25, -0.2) is 4.79 Å². The molecule has 186 valence electrons. The van der Waals surface area contributed by atoms with E-state index < -0.39 is 36.0 Å². The summed E-state index contributed by atoms with van der Waals surface area (Å²) in [6.45, 7) is 3.94. The first kappa shape index (κ1) is 24.7. The molecule has 2 aliphatic rings. The number of likely N-dealkylation sites (tertiary alicyclic amines) is 1. The van der Waals surface area contributed by atoms with Gasteiger partial charge in [0.1, 0.15) is 12.6 Å². The summed E-state index contributed by atoms with van der Waals surface area (Å²) in [6.07, 6.45) is -0.884. The molecule has 0 bridgehead atoms. The van der Waals surface area contributed by atoms with Crippen molar-refractivity contribution >= 4 is 18.0 Å². The number of piperidine rings is 1. The van der Waals surface area contributed by atoms with Crippen molar-refractivity contribution in [3.63, 3.8) is 0 Å². The summed E-state index contributed by atoms with van der Waals surface area (Å²) >= 11 is 0. The number of aliphatic hydroxyl groups is 1. The molecule has 2 aromatic carbocycles. The molecule has 0 saturated carbocycles. The molecule has 1 aliphatic carbocycles. The molecule has 2 amide bonds. The Morgan fingerprint density at radius 1 is 1.06 bits per heavy atom. The van der Waals surface area contributed by atoms with Gasteiger partial charge in [0.15, 0.2) is 0 Å². The number of amides is 2. The molecule has 1 fully saturated rings. The van der Waals surface area contributed by atoms with Crippen LogP contribution in [0.4, 0.5) is 4.79 Å². The summed E-state index contributed by atoms with van der Waals surface area (Å²) in [6, 6.07) is 15.2. The quantitative estimate of drug-likeness (QED) is 0.560. The maximum absolute atomic E-state index is 13.3. The van der Waals surface area contributed by atoms with Crippen LogP contribution in [0.15, 0.2) is 48.5 Å². The minimum atomic E-state index is -1.05. The second kappa shape index (κ2) is 10.5. The van der Waals surface area contributed by atoms with Crippen molar-refractivity contribution in [3.05, 3.63) is 59.7 Å². The van der Waals surface area contributed by atoms with Gasteiger partial charge in [0, 0.05) is 19.0 Å². The highest BCUT2D eigenvalue weighted by atomic mass is 16.5. The van der Waals surface area contributed by atoms with Crippen LogP contribution in [0.3, 0.4) is 0 Å². The SMILES string of the molecule is CCC(C)[C@H](NC(=O)OCC1c2ccccc2-c2ccccc21)C(=O)N1CC(O)CC(C(=O)O)C1. The van der Waals surface area contributed by atoms with Crippen molar-refractivity contribution in [1.82, 2.24) is 10.2 Å². The Hall–Kier alpha value is -3.39. The maximum Gasteiger partial charge on any atom is 0.407 e. The first-order valence-corrected chi connectivity index (χ1v) is 12.1. The van der Waals surface area contributed by atoms with Gasteiger partial charge in [0.2, 0.25) is 5.91 Å². The van der Waals surface area contributed by atoms with Crippen LogP contribution in [-0.2, 0) is 14.3 Å². The molecule has 3 N–H and O–H groups in total. The van der Waals surface area contributed by atoms with Crippen LogP contribution in [-0.4, -0.2) is 64.9 Å². The van der Waals surface area contributed by atoms with Crippen molar-refractivity contribution in [2.75, 3.05) is 19.7 Å². The molecule has 0 spiro atoms. The highest BCUT2D eigenvalue weighted by Crippen LogP contribution is 2.44. The smallest absolute Gasteiger partial charge is 0.407 e. The van der Waals surface area contributed by atoms with E-state index >= 15 is 0 Å². The van der Waals surface area contributed by atoms with Gasteiger partial charge in [0.25, 0.3) is 0 Å². The Kier molecular flexibility index (Phi) is 7.40. The van der Waals surface area contributed by atoms with E-state index in [1.54, 1.807) is 0 Å². The lowest BCUT2D eigenvalue weighted by Gasteiger charge is -2.37. The van der Waals surface area contributed by atoms with Gasteiger partial charge in [-0.2, -0.15) is 0 Å². The second-order valence-corrected chi connectivity index (χ2v) is 9.50. The number of ether oxygens (including phenoxy) is 1. The number of carbonyl (C=O) groups excluding carboxylic acids is 2. The van der Waals surface area contributed by atoms with Gasteiger partial charge in [-0.3, -0.25) is 9.59 Å². The Balaban J connectivity index is 1.44. The zero-order valence-electron chi connectivity index (χ0n) is 20.0. The van der Waals surface area contributed by atoms with Gasteiger partial charge >= 0.3 is 12.1 Å². The molecule has 2 aromatic rings. The Morgan fingerprint density at radius 2 is 1.66 bits per heavy atom. The van der Waals surface area contributed by atoms with Gasteiger partial charge in [0.05, 0.1) is 12.0 Å². The van der Waals surface area contributed by atoms with E-state index in [-0.39, 0.29) is 38.0 Å². The van der Waals surface area contributed by atoms with Gasteiger partial charge < -0.3 is 25.2 Å². The highest BCUT2D eigenvalue weighted by molar-refractivity contribution is 5.87. The predicted octanol–water partition coefficient (Wildman–Crippen LogP) is 3.23. The Labute approximate surface area is 204 Å². The van der Waals surface area contributed by atoms with E-state index in [0.29, 0.717) is 6.42 Å². The molecule has 8 heteroatoms. The number of nitrogens with zero attached hydrogens (tertiary/aromatic N) is 1. The second-order valence-electron chi connectivity index (χ2n) is 9.50. The number of nitrogens with one attached hydrogen (secondary N) is 1. The summed E-state index contributed by atoms with van der Waals surface area (Å²) < 4.78 is 5.62. The van der Waals surface area contributed by atoms with Crippen molar-refractivity contribution in [2.24, 2.45) is 11.8 Å². The number of hydrogen-bond donors (Lipinski definition) is 3. The molecular weight excluding hydrogens is 448 g/mol. The fourth-order valence-electron chi connectivity index (χ4n) is 5.08. The van der Waals surface area contributed by atoms with E-state index in [1.807, 2.05) is 50.2 Å². The number of benzene rings is 2. The third kappa shape index (κ3) is 5.17. The van der Waals surface area contributed by atoms with Crippen LogP contribution in [0.2, 0.25) is 0 Å². The number of fused-ring (bicyclic) bond motifs is 3. The van der Waals surface area contributed by atoms with Gasteiger partial charge in [-0.1, -0.05) is 68.8 Å². The number of carboxylic acid groups (broad SMARTS) is 1. The average Bonchev–Trinajstić information content (AvgIpc) is 3.18. The lowest BCUT2D eigenvalue weighted by Crippen LogP contribution is -2.56. The standard InChI is InChI=1S/C27H32N2O6/c1-3-16(2)24(25(31)29-13-17(26(32)33)12-18(30)14-29)28-27(34)35-15-23-21-10-6-4-8-19(21)20-9-5-7-11-22(20)23/h4-11,16-18,23-24,30H,3,12-15H2,1-2H3,(H,28,34)(H,32,33)/t16?,17?,18?,24-/m0/s1. The fraction of sp³-hybridized carbons (Fsp3) is 0.444. The van der Waals surface area contributed by atoms with Crippen molar-refractivity contribution < 1.29 is 29.3 Å². The summed E-state index contributed by atoms with van der Waals surface area (Å²) in [7, 11) is 0. The van der Waals surface area contributed by atoms with Crippen LogP contribution in [0, 0.1) is 11.8 Å². The number of carboxylic acids is 1. The molecule has 1 heterocycles. The highest BCUT2D eigenvalue weighted by Gasteiger charge is 2.38. The average molecular weight is 481 g/mol. The molecule has 0 aromatic heterocycles. The molecule has 1 aliphatic heterocycles. The van der Waals surface area contributed by atoms with Crippen LogP contribution >= 0.6 is 0 Å². The lowest BCUT2D eigenvalue weighted by atomic mass is 9.93. The Morgan fingerprint density at radius 3 is 2.23 bits per heavy atom. The molecule has 35 heavy (non-hydrogen) atoms. The first-order valence-electron chi connectivity index (χ1n) is 12.1. The molecule has 0 radical (unpaired) electrons. The zero-order chi connectivity index (χ0) is 25.1. The molecule has 8 nitrogen and oxygen atoms in total. The van der Waals surface area contributed by atoms with E-state index in [1.165, 1.54) is 4.90 Å². The van der Waals surface area contributed by atoms with Crippen molar-refractivity contribution in [1.29, 1.82) is 0 Å². The summed E-state index contributed by atoms with van der Waals surface area (Å²) in [5, 5.41) is 22.2. The van der Waals surface area contributed by atoms with Crippen LogP contribution in [0.25, 0.3) is 11.1 Å². The zero-order valence-corrected chi connectivity index (χ0v) is 20.0. The van der Waals surface area contributed by atoms with E-state index in [4.69, 9.17) is 4.74 Å². The summed E-state index contributed by atoms with van der Waals surface area (Å²) in [4.78, 5) is 38.9. The molecule has 4 atom stereocenters. The number of β-amino-alcohol motifs (C(OH)–C–C–N with tert-alkyl or cyclic N) is 1. The van der Waals surface area contributed by atoms with Crippen LogP contribution in [0.1, 0.15) is 43.7 Å². The summed E-state index contributed by atoms with van der Waals surface area (Å²) in [5.41, 5.74) is 4.44. The van der Waals surface area contributed by atoms with Crippen molar-refractivity contribution in [3.8, 4) is 11.1 Å². The topological polar surface area (TPSA) is 116 Å². The lowest BCUT2D eigenvalue weighted by molar-refractivity contribution is -0.149. The maximum atomic E-state index is 13.3. The van der Waals surface area contributed by atoms with Gasteiger partial charge in [-0.05, 0) is 34.6 Å². The third-order valence-electron chi connectivity index (χ3n) is 7.19. The number of rotatable bonds is 7. The number of aliphatic hydroxyl groups excluding tert-OH is 1. The van der Waals surface area contributed by atoms with E-state index in [0.717, 1.165) is 22.3 Å². The number of hydrogen-bond acceptors (Lipinski definition) is 5. The van der Waals surface area contributed by atoms with Gasteiger partial charge in [-0.15, -0.1) is 0 Å². The van der Waals surface area contributed by atoms with E-state index in [2.05, 4.69) is 17.4 Å². The normalized spacial score (nSPS) is 20.9. The molecule has 1 saturated heterocycles. The van der Waals surface area contributed by atoms with Crippen LogP contribution < -0.4 is 5.32 Å². The molecule has 4 rings (SSSR count). The van der Waals surface area contributed by atoms with E-state index in [9.17, 15) is 24.6 Å². The Bertz CT molecular complexity index is 1060. The first-order chi connectivity index (χ1) is 16.8. The third-order valence-corrected chi connectivity index (χ3v) is 7.19.